The molecule has 0 bridgehead atoms. The highest BCUT2D eigenvalue weighted by atomic mass is 32.2. The van der Waals surface area contributed by atoms with E-state index in [0.29, 0.717) is 5.69 Å². The van der Waals surface area contributed by atoms with E-state index in [1.165, 1.54) is 6.08 Å². The summed E-state index contributed by atoms with van der Waals surface area (Å²) in [5, 5.41) is 2.61. The normalized spacial score (nSPS) is 11.0. The van der Waals surface area contributed by atoms with Gasteiger partial charge in [-0.25, -0.2) is 8.42 Å². The molecule has 18 heavy (non-hydrogen) atoms. The van der Waals surface area contributed by atoms with Crippen LogP contribution in [0.4, 0.5) is 5.69 Å². The molecule has 98 valence electrons. The summed E-state index contributed by atoms with van der Waals surface area (Å²) in [7, 11) is -3.40. The van der Waals surface area contributed by atoms with E-state index < -0.39 is 21.5 Å². The van der Waals surface area contributed by atoms with E-state index in [9.17, 15) is 13.2 Å². The van der Waals surface area contributed by atoms with Crippen molar-refractivity contribution in [3.8, 4) is 0 Å². The van der Waals surface area contributed by atoms with Crippen LogP contribution in [-0.2, 0) is 14.6 Å². The lowest BCUT2D eigenvalue weighted by Crippen LogP contribution is -2.24. The number of rotatable bonds is 5. The van der Waals surface area contributed by atoms with Crippen LogP contribution in [0, 0.1) is 13.8 Å². The Morgan fingerprint density at radius 2 is 2.06 bits per heavy atom. The van der Waals surface area contributed by atoms with Gasteiger partial charge in [-0.15, -0.1) is 6.58 Å². The molecule has 1 amide bonds. The summed E-state index contributed by atoms with van der Waals surface area (Å²) in [6, 6.07) is 5.62. The van der Waals surface area contributed by atoms with Gasteiger partial charge in [0.25, 0.3) is 0 Å². The fourth-order valence-electron chi connectivity index (χ4n) is 1.50. The smallest absolute Gasteiger partial charge is 0.239 e. The van der Waals surface area contributed by atoms with Crippen molar-refractivity contribution in [2.24, 2.45) is 0 Å². The molecule has 0 unspecified atom stereocenters. The number of nitrogens with one attached hydrogen (secondary N) is 1. The molecular formula is C13H17NO3S. The number of sulfone groups is 1. The first-order valence-corrected chi connectivity index (χ1v) is 7.34. The Morgan fingerprint density at radius 1 is 1.39 bits per heavy atom. The van der Waals surface area contributed by atoms with Gasteiger partial charge in [0, 0.05) is 5.69 Å². The SMILES string of the molecule is C=CCS(=O)(=O)CC(=O)Nc1cc(C)ccc1C. The minimum absolute atomic E-state index is 0.187. The predicted molar refractivity (Wildman–Crippen MR) is 73.4 cm³/mol. The molecule has 0 radical (unpaired) electrons. The summed E-state index contributed by atoms with van der Waals surface area (Å²) in [5.74, 6) is -1.23. The molecule has 1 aromatic rings. The lowest BCUT2D eigenvalue weighted by Gasteiger charge is -2.09. The number of benzene rings is 1. The second-order valence-corrected chi connectivity index (χ2v) is 6.32. The maximum atomic E-state index is 11.6. The average Bonchev–Trinajstić information content (AvgIpc) is 2.22. The maximum Gasteiger partial charge on any atom is 0.239 e. The van der Waals surface area contributed by atoms with E-state index in [1.807, 2.05) is 32.0 Å². The van der Waals surface area contributed by atoms with Crippen LogP contribution in [0.3, 0.4) is 0 Å². The van der Waals surface area contributed by atoms with E-state index in [1.54, 1.807) is 0 Å². The maximum absolute atomic E-state index is 11.6. The molecule has 4 nitrogen and oxygen atoms in total. The Kier molecular flexibility index (Phi) is 4.67. The summed E-state index contributed by atoms with van der Waals surface area (Å²) in [6.07, 6.45) is 1.28. The Morgan fingerprint density at radius 3 is 2.67 bits per heavy atom. The molecule has 0 heterocycles. The van der Waals surface area contributed by atoms with Gasteiger partial charge < -0.3 is 5.32 Å². The summed E-state index contributed by atoms with van der Waals surface area (Å²) >= 11 is 0. The number of amides is 1. The van der Waals surface area contributed by atoms with Gasteiger partial charge in [-0.3, -0.25) is 4.79 Å². The van der Waals surface area contributed by atoms with E-state index in [0.717, 1.165) is 11.1 Å². The zero-order valence-electron chi connectivity index (χ0n) is 10.6. The molecule has 0 aliphatic carbocycles. The van der Waals surface area contributed by atoms with Gasteiger partial charge in [0.1, 0.15) is 5.75 Å². The molecule has 1 aromatic carbocycles. The molecule has 0 saturated carbocycles. The first-order chi connectivity index (χ1) is 8.34. The minimum atomic E-state index is -3.40. The Labute approximate surface area is 108 Å². The average molecular weight is 267 g/mol. The van der Waals surface area contributed by atoms with E-state index in [2.05, 4.69) is 11.9 Å². The fraction of sp³-hybridized carbons (Fsp3) is 0.308. The van der Waals surface area contributed by atoms with E-state index in [4.69, 9.17) is 0 Å². The van der Waals surface area contributed by atoms with Gasteiger partial charge in [0.05, 0.1) is 5.75 Å². The molecule has 0 atom stereocenters. The van der Waals surface area contributed by atoms with Gasteiger partial charge in [-0.2, -0.15) is 0 Å². The quantitative estimate of drug-likeness (QED) is 0.828. The fourth-order valence-corrected chi connectivity index (χ4v) is 2.44. The van der Waals surface area contributed by atoms with Crippen LogP contribution < -0.4 is 5.32 Å². The first-order valence-electron chi connectivity index (χ1n) is 5.52. The third-order valence-electron chi connectivity index (χ3n) is 2.39. The zero-order chi connectivity index (χ0) is 13.8. The summed E-state index contributed by atoms with van der Waals surface area (Å²) in [5.41, 5.74) is 2.55. The number of hydrogen-bond acceptors (Lipinski definition) is 3. The molecule has 0 aromatic heterocycles. The van der Waals surface area contributed by atoms with Crippen molar-refractivity contribution in [2.45, 2.75) is 13.8 Å². The topological polar surface area (TPSA) is 63.2 Å². The summed E-state index contributed by atoms with van der Waals surface area (Å²) in [4.78, 5) is 11.6. The van der Waals surface area contributed by atoms with Crippen molar-refractivity contribution in [3.05, 3.63) is 42.0 Å². The second-order valence-electron chi connectivity index (χ2n) is 4.21. The number of aryl methyl sites for hydroxylation is 2. The molecule has 0 spiro atoms. The largest absolute Gasteiger partial charge is 0.325 e. The molecule has 0 aliphatic rings. The van der Waals surface area contributed by atoms with Crippen molar-refractivity contribution in [1.29, 1.82) is 0 Å². The third-order valence-corrected chi connectivity index (χ3v) is 3.84. The highest BCUT2D eigenvalue weighted by molar-refractivity contribution is 7.92. The van der Waals surface area contributed by atoms with Crippen LogP contribution in [0.15, 0.2) is 30.9 Å². The highest BCUT2D eigenvalue weighted by Crippen LogP contribution is 2.16. The van der Waals surface area contributed by atoms with Crippen LogP contribution in [0.1, 0.15) is 11.1 Å². The van der Waals surface area contributed by atoms with Gasteiger partial charge >= 0.3 is 0 Å². The number of carbonyl (C=O) groups excluding carboxylic acids is 1. The lowest BCUT2D eigenvalue weighted by atomic mass is 10.1. The van der Waals surface area contributed by atoms with Crippen LogP contribution in [0.2, 0.25) is 0 Å². The number of hydrogen-bond donors (Lipinski definition) is 1. The standard InChI is InChI=1S/C13H17NO3S/c1-4-7-18(16,17)9-13(15)14-12-8-10(2)5-6-11(12)3/h4-6,8H,1,7,9H2,2-3H3,(H,14,15). The molecule has 1 rings (SSSR count). The minimum Gasteiger partial charge on any atom is -0.325 e. The van der Waals surface area contributed by atoms with Gasteiger partial charge in [-0.05, 0) is 31.0 Å². The van der Waals surface area contributed by atoms with E-state index >= 15 is 0 Å². The molecule has 0 aliphatic heterocycles. The van der Waals surface area contributed by atoms with Crippen LogP contribution >= 0.6 is 0 Å². The zero-order valence-corrected chi connectivity index (χ0v) is 11.4. The lowest BCUT2D eigenvalue weighted by molar-refractivity contribution is -0.113. The third kappa shape index (κ3) is 4.33. The van der Waals surface area contributed by atoms with Crippen molar-refractivity contribution in [2.75, 3.05) is 16.8 Å². The monoisotopic (exact) mass is 267 g/mol. The van der Waals surface area contributed by atoms with Crippen molar-refractivity contribution in [1.82, 2.24) is 0 Å². The van der Waals surface area contributed by atoms with Crippen molar-refractivity contribution < 1.29 is 13.2 Å². The van der Waals surface area contributed by atoms with Crippen molar-refractivity contribution >= 4 is 21.4 Å². The Bertz CT molecular complexity index is 562. The number of anilines is 1. The summed E-state index contributed by atoms with van der Waals surface area (Å²) < 4.78 is 22.9. The van der Waals surface area contributed by atoms with Gasteiger partial charge in [0.2, 0.25) is 5.91 Å². The second kappa shape index (κ2) is 5.82. The first kappa shape index (κ1) is 14.4. The Balaban J connectivity index is 2.76. The summed E-state index contributed by atoms with van der Waals surface area (Å²) in [6.45, 7) is 7.11. The van der Waals surface area contributed by atoms with Crippen LogP contribution in [0.5, 0.6) is 0 Å². The molecular weight excluding hydrogens is 250 g/mol. The van der Waals surface area contributed by atoms with Gasteiger partial charge in [0.15, 0.2) is 9.84 Å². The number of carbonyl (C=O) groups is 1. The van der Waals surface area contributed by atoms with Crippen LogP contribution in [-0.4, -0.2) is 25.8 Å². The molecule has 0 saturated heterocycles. The van der Waals surface area contributed by atoms with E-state index in [-0.39, 0.29) is 5.75 Å². The predicted octanol–water partition coefficient (Wildman–Crippen LogP) is 1.84. The van der Waals surface area contributed by atoms with Crippen LogP contribution in [0.25, 0.3) is 0 Å². The molecule has 0 fully saturated rings. The van der Waals surface area contributed by atoms with Gasteiger partial charge in [-0.1, -0.05) is 18.2 Å². The molecule has 5 heteroatoms. The van der Waals surface area contributed by atoms with Crippen molar-refractivity contribution in [3.63, 3.8) is 0 Å². The Hall–Kier alpha value is -1.62. The molecule has 1 N–H and O–H groups in total. The highest BCUT2D eigenvalue weighted by Gasteiger charge is 2.15.